The molecule has 0 aromatic carbocycles. The van der Waals surface area contributed by atoms with E-state index in [4.69, 9.17) is 0 Å². The number of hydrogen-bond acceptors (Lipinski definition) is 2. The van der Waals surface area contributed by atoms with Gasteiger partial charge >= 0.3 is 0 Å². The van der Waals surface area contributed by atoms with Crippen LogP contribution in [-0.4, -0.2) is 22.9 Å². The fourth-order valence-electron chi connectivity index (χ4n) is 1.81. The topological polar surface area (TPSA) is 29.9 Å². The first-order valence-corrected chi connectivity index (χ1v) is 6.76. The van der Waals surface area contributed by atoms with Gasteiger partial charge in [0.15, 0.2) is 0 Å². The Morgan fingerprint density at radius 1 is 1.50 bits per heavy atom. The van der Waals surface area contributed by atoms with Crippen molar-refractivity contribution in [2.75, 3.05) is 7.05 Å². The van der Waals surface area contributed by atoms with Gasteiger partial charge in [-0.1, -0.05) is 6.92 Å². The van der Waals surface area contributed by atoms with Crippen LogP contribution < -0.4 is 5.32 Å². The van der Waals surface area contributed by atoms with Crippen LogP contribution in [0.1, 0.15) is 38.1 Å². The Labute approximate surface area is 107 Å². The Morgan fingerprint density at radius 2 is 2.19 bits per heavy atom. The lowest BCUT2D eigenvalue weighted by Gasteiger charge is -2.09. The van der Waals surface area contributed by atoms with Crippen molar-refractivity contribution < 1.29 is 0 Å². The van der Waals surface area contributed by atoms with Gasteiger partial charge in [-0.05, 0) is 55.6 Å². The average Bonchev–Trinajstić information content (AvgIpc) is 2.55. The molecule has 1 aromatic rings. The quantitative estimate of drug-likeness (QED) is 0.872. The lowest BCUT2D eigenvalue weighted by molar-refractivity contribution is 0.533. The SMILES string of the molecule is CCc1nn(C)c(CCCC(C)NC)c1Br. The highest BCUT2D eigenvalue weighted by Gasteiger charge is 2.12. The summed E-state index contributed by atoms with van der Waals surface area (Å²) in [5.41, 5.74) is 2.49. The number of aromatic nitrogens is 2. The van der Waals surface area contributed by atoms with Gasteiger partial charge in [0.05, 0.1) is 15.9 Å². The second kappa shape index (κ2) is 6.40. The molecule has 0 aliphatic heterocycles. The van der Waals surface area contributed by atoms with Gasteiger partial charge in [0.2, 0.25) is 0 Å². The number of halogens is 1. The zero-order valence-electron chi connectivity index (χ0n) is 10.7. The van der Waals surface area contributed by atoms with Crippen molar-refractivity contribution in [1.29, 1.82) is 0 Å². The molecule has 1 atom stereocenters. The van der Waals surface area contributed by atoms with Crippen LogP contribution in [0.2, 0.25) is 0 Å². The van der Waals surface area contributed by atoms with Crippen LogP contribution >= 0.6 is 15.9 Å². The Bertz CT molecular complexity index is 333. The lowest BCUT2D eigenvalue weighted by Crippen LogP contribution is -2.21. The number of nitrogens with zero attached hydrogens (tertiary/aromatic N) is 2. The van der Waals surface area contributed by atoms with E-state index in [1.165, 1.54) is 28.7 Å². The van der Waals surface area contributed by atoms with Crippen LogP contribution in [0.15, 0.2) is 4.47 Å². The molecule has 4 heteroatoms. The summed E-state index contributed by atoms with van der Waals surface area (Å²) in [6.45, 7) is 4.36. The Kier molecular flexibility index (Phi) is 5.49. The third-order valence-corrected chi connectivity index (χ3v) is 3.96. The minimum absolute atomic E-state index is 0.595. The minimum atomic E-state index is 0.595. The summed E-state index contributed by atoms with van der Waals surface area (Å²) in [5, 5.41) is 7.76. The normalized spacial score (nSPS) is 13.1. The van der Waals surface area contributed by atoms with Crippen molar-refractivity contribution in [1.82, 2.24) is 15.1 Å². The van der Waals surface area contributed by atoms with Crippen molar-refractivity contribution in [3.05, 3.63) is 15.9 Å². The Hall–Kier alpha value is -0.350. The van der Waals surface area contributed by atoms with Gasteiger partial charge in [0, 0.05) is 13.1 Å². The summed E-state index contributed by atoms with van der Waals surface area (Å²) in [7, 11) is 4.04. The van der Waals surface area contributed by atoms with E-state index in [-0.39, 0.29) is 0 Å². The molecular formula is C12H22BrN3. The highest BCUT2D eigenvalue weighted by atomic mass is 79.9. The molecule has 3 nitrogen and oxygen atoms in total. The fourth-order valence-corrected chi connectivity index (χ4v) is 2.63. The van der Waals surface area contributed by atoms with E-state index in [2.05, 4.69) is 40.2 Å². The first kappa shape index (κ1) is 13.7. The summed E-state index contributed by atoms with van der Waals surface area (Å²) in [6, 6.07) is 0.595. The van der Waals surface area contributed by atoms with Crippen LogP contribution in [0.3, 0.4) is 0 Å². The van der Waals surface area contributed by atoms with Crippen LogP contribution in [0, 0.1) is 0 Å². The van der Waals surface area contributed by atoms with Crippen LogP contribution in [0.5, 0.6) is 0 Å². The van der Waals surface area contributed by atoms with E-state index < -0.39 is 0 Å². The monoisotopic (exact) mass is 287 g/mol. The fraction of sp³-hybridized carbons (Fsp3) is 0.750. The second-order valence-corrected chi connectivity index (χ2v) is 5.06. The van der Waals surface area contributed by atoms with E-state index in [0.717, 1.165) is 12.8 Å². The summed E-state index contributed by atoms with van der Waals surface area (Å²) in [6.07, 6.45) is 4.48. The van der Waals surface area contributed by atoms with Crippen LogP contribution in [0.4, 0.5) is 0 Å². The van der Waals surface area contributed by atoms with Crippen molar-refractivity contribution in [3.8, 4) is 0 Å². The first-order chi connectivity index (χ1) is 7.60. The molecule has 0 aliphatic carbocycles. The predicted molar refractivity (Wildman–Crippen MR) is 71.7 cm³/mol. The minimum Gasteiger partial charge on any atom is -0.317 e. The third-order valence-electron chi connectivity index (χ3n) is 3.05. The molecule has 1 unspecified atom stereocenters. The van der Waals surface area contributed by atoms with E-state index in [1.807, 2.05) is 18.8 Å². The van der Waals surface area contributed by atoms with Gasteiger partial charge in [0.25, 0.3) is 0 Å². The third kappa shape index (κ3) is 3.32. The number of aryl methyl sites for hydroxylation is 2. The largest absolute Gasteiger partial charge is 0.317 e. The molecule has 1 heterocycles. The maximum atomic E-state index is 4.50. The highest BCUT2D eigenvalue weighted by Crippen LogP contribution is 2.23. The summed E-state index contributed by atoms with van der Waals surface area (Å²) in [4.78, 5) is 0. The molecule has 0 fully saturated rings. The molecule has 0 saturated heterocycles. The number of rotatable bonds is 6. The highest BCUT2D eigenvalue weighted by molar-refractivity contribution is 9.10. The van der Waals surface area contributed by atoms with Crippen molar-refractivity contribution in [2.24, 2.45) is 7.05 Å². The van der Waals surface area contributed by atoms with E-state index in [1.54, 1.807) is 0 Å². The molecule has 1 aromatic heterocycles. The summed E-state index contributed by atoms with van der Waals surface area (Å²) < 4.78 is 3.21. The molecule has 1 N–H and O–H groups in total. The van der Waals surface area contributed by atoms with E-state index in [0.29, 0.717) is 6.04 Å². The van der Waals surface area contributed by atoms with Gasteiger partial charge in [0.1, 0.15) is 0 Å². The Balaban J connectivity index is 2.56. The van der Waals surface area contributed by atoms with E-state index in [9.17, 15) is 0 Å². The van der Waals surface area contributed by atoms with Gasteiger partial charge < -0.3 is 5.32 Å². The van der Waals surface area contributed by atoms with Crippen molar-refractivity contribution in [3.63, 3.8) is 0 Å². The van der Waals surface area contributed by atoms with Gasteiger partial charge in [-0.25, -0.2) is 0 Å². The summed E-state index contributed by atoms with van der Waals surface area (Å²) >= 11 is 3.65. The Morgan fingerprint density at radius 3 is 2.69 bits per heavy atom. The maximum Gasteiger partial charge on any atom is 0.0766 e. The van der Waals surface area contributed by atoms with Gasteiger partial charge in [-0.3, -0.25) is 4.68 Å². The zero-order valence-corrected chi connectivity index (χ0v) is 12.3. The number of hydrogen-bond donors (Lipinski definition) is 1. The molecule has 0 radical (unpaired) electrons. The average molecular weight is 288 g/mol. The van der Waals surface area contributed by atoms with Crippen molar-refractivity contribution >= 4 is 15.9 Å². The molecular weight excluding hydrogens is 266 g/mol. The lowest BCUT2D eigenvalue weighted by atomic mass is 10.1. The molecule has 0 aliphatic rings. The summed E-state index contributed by atoms with van der Waals surface area (Å²) in [5.74, 6) is 0. The first-order valence-electron chi connectivity index (χ1n) is 5.97. The molecule has 0 spiro atoms. The maximum absolute atomic E-state index is 4.50. The van der Waals surface area contributed by atoms with Crippen LogP contribution in [0.25, 0.3) is 0 Å². The molecule has 16 heavy (non-hydrogen) atoms. The number of nitrogens with one attached hydrogen (secondary N) is 1. The van der Waals surface area contributed by atoms with Gasteiger partial charge in [-0.2, -0.15) is 5.10 Å². The molecule has 0 saturated carbocycles. The van der Waals surface area contributed by atoms with E-state index >= 15 is 0 Å². The second-order valence-electron chi connectivity index (χ2n) is 4.27. The smallest absolute Gasteiger partial charge is 0.0766 e. The molecule has 0 bridgehead atoms. The van der Waals surface area contributed by atoms with Crippen LogP contribution in [-0.2, 0) is 19.9 Å². The predicted octanol–water partition coefficient (Wildman–Crippen LogP) is 2.68. The zero-order chi connectivity index (χ0) is 12.1. The van der Waals surface area contributed by atoms with Gasteiger partial charge in [-0.15, -0.1) is 0 Å². The standard InChI is InChI=1S/C12H22BrN3/c1-5-10-12(13)11(16(4)15-10)8-6-7-9(2)14-3/h9,14H,5-8H2,1-4H3. The van der Waals surface area contributed by atoms with Crippen molar-refractivity contribution in [2.45, 2.75) is 45.6 Å². The molecule has 1 rings (SSSR count). The molecule has 0 amide bonds. The molecule has 92 valence electrons.